The van der Waals surface area contributed by atoms with Gasteiger partial charge in [-0.2, -0.15) is 0 Å². The molecule has 2 heterocycles. The van der Waals surface area contributed by atoms with Crippen molar-refractivity contribution < 1.29 is 28.5 Å². The third-order valence-corrected chi connectivity index (χ3v) is 5.18. The lowest BCUT2D eigenvalue weighted by molar-refractivity contribution is -0.0817. The lowest BCUT2D eigenvalue weighted by atomic mass is 9.97. The Morgan fingerprint density at radius 3 is 2.66 bits per heavy atom. The first-order valence-corrected chi connectivity index (χ1v) is 9.40. The Bertz CT molecular complexity index is 980. The molecule has 1 aliphatic rings. The fourth-order valence-electron chi connectivity index (χ4n) is 3.77. The van der Waals surface area contributed by atoms with Crippen LogP contribution in [0.4, 0.5) is 0 Å². The summed E-state index contributed by atoms with van der Waals surface area (Å²) in [5.74, 6) is 1.14. The number of amides is 1. The molecule has 1 aliphatic heterocycles. The molecule has 1 N–H and O–H groups in total. The quantitative estimate of drug-likeness (QED) is 0.713. The summed E-state index contributed by atoms with van der Waals surface area (Å²) >= 11 is 0. The fourth-order valence-corrected chi connectivity index (χ4v) is 3.77. The van der Waals surface area contributed by atoms with Crippen molar-refractivity contribution >= 4 is 16.9 Å². The molecular weight excluding hydrogens is 374 g/mol. The second-order valence-corrected chi connectivity index (χ2v) is 6.80. The Balaban J connectivity index is 1.73. The summed E-state index contributed by atoms with van der Waals surface area (Å²) in [5, 5.41) is 10.8. The van der Waals surface area contributed by atoms with Crippen molar-refractivity contribution in [2.75, 3.05) is 34.0 Å². The summed E-state index contributed by atoms with van der Waals surface area (Å²) in [6, 6.07) is 14.2. The molecule has 0 radical (unpaired) electrons. The average Bonchev–Trinajstić information content (AvgIpc) is 3.21. The number of hydrogen-bond donors (Lipinski definition) is 1. The number of rotatable bonds is 5. The van der Waals surface area contributed by atoms with Gasteiger partial charge in [0, 0.05) is 11.9 Å². The molecule has 1 fully saturated rings. The van der Waals surface area contributed by atoms with E-state index in [1.54, 1.807) is 37.3 Å². The van der Waals surface area contributed by atoms with Gasteiger partial charge >= 0.3 is 0 Å². The molecule has 7 nitrogen and oxygen atoms in total. The molecule has 0 unspecified atom stereocenters. The van der Waals surface area contributed by atoms with Gasteiger partial charge in [-0.1, -0.05) is 24.3 Å². The van der Waals surface area contributed by atoms with E-state index in [4.69, 9.17) is 18.6 Å². The van der Waals surface area contributed by atoms with Crippen molar-refractivity contribution in [2.45, 2.75) is 12.1 Å². The number of morpholine rings is 1. The van der Waals surface area contributed by atoms with Crippen LogP contribution in [0.25, 0.3) is 11.0 Å². The Morgan fingerprint density at radius 1 is 1.14 bits per heavy atom. The molecule has 0 spiro atoms. The molecule has 0 bridgehead atoms. The van der Waals surface area contributed by atoms with Crippen LogP contribution in [-0.4, -0.2) is 56.0 Å². The Kier molecular flexibility index (Phi) is 5.42. The van der Waals surface area contributed by atoms with Gasteiger partial charge in [0.2, 0.25) is 0 Å². The monoisotopic (exact) mass is 397 g/mol. The molecule has 2 aromatic carbocycles. The van der Waals surface area contributed by atoms with Crippen LogP contribution in [0.5, 0.6) is 11.5 Å². The molecule has 4 rings (SSSR count). The average molecular weight is 397 g/mol. The van der Waals surface area contributed by atoms with Crippen LogP contribution < -0.4 is 9.47 Å². The van der Waals surface area contributed by atoms with E-state index in [1.807, 2.05) is 30.3 Å². The van der Waals surface area contributed by atoms with Crippen LogP contribution in [0, 0.1) is 0 Å². The highest BCUT2D eigenvalue weighted by molar-refractivity contribution is 5.96. The number of aliphatic hydroxyl groups excluding tert-OH is 1. The zero-order chi connectivity index (χ0) is 20.4. The van der Waals surface area contributed by atoms with Gasteiger partial charge in [0.05, 0.1) is 33.5 Å². The minimum atomic E-state index is -0.560. The molecule has 0 aliphatic carbocycles. The Hall–Kier alpha value is -3.03. The van der Waals surface area contributed by atoms with Crippen LogP contribution in [-0.2, 0) is 4.74 Å². The number of furan rings is 1. The van der Waals surface area contributed by atoms with Gasteiger partial charge in [0.1, 0.15) is 11.7 Å². The molecule has 1 saturated heterocycles. The number of ether oxygens (including phenoxy) is 3. The van der Waals surface area contributed by atoms with E-state index < -0.39 is 12.1 Å². The maximum absolute atomic E-state index is 13.3. The zero-order valence-electron chi connectivity index (χ0n) is 16.3. The number of carbonyl (C=O) groups excluding carboxylic acids is 1. The SMILES string of the molecule is COc1ccc([C@@H]2[C@@H](CO)OCCN2C(=O)c2cc3ccccc3o2)cc1OC. The van der Waals surface area contributed by atoms with Crippen LogP contribution in [0.2, 0.25) is 0 Å². The molecule has 1 amide bonds. The lowest BCUT2D eigenvalue weighted by Crippen LogP contribution is -2.49. The summed E-state index contributed by atoms with van der Waals surface area (Å²) in [4.78, 5) is 15.0. The van der Waals surface area contributed by atoms with E-state index in [0.717, 1.165) is 10.9 Å². The number of benzene rings is 2. The zero-order valence-corrected chi connectivity index (χ0v) is 16.3. The number of nitrogens with zero attached hydrogens (tertiary/aromatic N) is 1. The fraction of sp³-hybridized carbons (Fsp3) is 0.318. The van der Waals surface area contributed by atoms with Crippen molar-refractivity contribution in [1.82, 2.24) is 4.90 Å². The van der Waals surface area contributed by atoms with Crippen molar-refractivity contribution in [2.24, 2.45) is 0 Å². The molecular formula is C22H23NO6. The number of methoxy groups -OCH3 is 2. The Morgan fingerprint density at radius 2 is 1.93 bits per heavy atom. The van der Waals surface area contributed by atoms with E-state index in [-0.39, 0.29) is 18.3 Å². The molecule has 29 heavy (non-hydrogen) atoms. The summed E-state index contributed by atoms with van der Waals surface area (Å²) in [6.45, 7) is 0.495. The lowest BCUT2D eigenvalue weighted by Gasteiger charge is -2.40. The molecule has 2 atom stereocenters. The van der Waals surface area contributed by atoms with Gasteiger partial charge in [-0.05, 0) is 29.8 Å². The summed E-state index contributed by atoms with van der Waals surface area (Å²) < 4.78 is 22.2. The van der Waals surface area contributed by atoms with Gasteiger partial charge < -0.3 is 28.6 Å². The first-order chi connectivity index (χ1) is 14.2. The molecule has 152 valence electrons. The van der Waals surface area contributed by atoms with Crippen molar-refractivity contribution in [3.8, 4) is 11.5 Å². The predicted molar refractivity (Wildman–Crippen MR) is 106 cm³/mol. The van der Waals surface area contributed by atoms with Gasteiger partial charge in [0.25, 0.3) is 5.91 Å². The van der Waals surface area contributed by atoms with Gasteiger partial charge in [-0.15, -0.1) is 0 Å². The molecule has 1 aromatic heterocycles. The molecule has 0 saturated carbocycles. The van der Waals surface area contributed by atoms with Crippen molar-refractivity contribution in [3.63, 3.8) is 0 Å². The number of para-hydroxylation sites is 1. The second kappa shape index (κ2) is 8.14. The van der Waals surface area contributed by atoms with Gasteiger partial charge in [-0.3, -0.25) is 4.79 Å². The summed E-state index contributed by atoms with van der Waals surface area (Å²) in [6.07, 6.45) is -0.560. The standard InChI is InChI=1S/C22H23NO6/c1-26-17-8-7-15(12-18(17)27-2)21-20(13-24)28-10-9-23(21)22(25)19-11-14-5-3-4-6-16(14)29-19/h3-8,11-12,20-21,24H,9-10,13H2,1-2H3/t20-,21-/m1/s1. The minimum absolute atomic E-state index is 0.219. The third kappa shape index (κ3) is 3.54. The third-order valence-electron chi connectivity index (χ3n) is 5.18. The highest BCUT2D eigenvalue weighted by atomic mass is 16.5. The number of carbonyl (C=O) groups is 1. The first kappa shape index (κ1) is 19.3. The van der Waals surface area contributed by atoms with E-state index in [1.165, 1.54) is 0 Å². The van der Waals surface area contributed by atoms with Crippen LogP contribution in [0.3, 0.4) is 0 Å². The van der Waals surface area contributed by atoms with E-state index >= 15 is 0 Å². The minimum Gasteiger partial charge on any atom is -0.493 e. The highest BCUT2D eigenvalue weighted by Crippen LogP contribution is 2.36. The summed E-state index contributed by atoms with van der Waals surface area (Å²) in [5.41, 5.74) is 1.44. The van der Waals surface area contributed by atoms with Gasteiger partial charge in [-0.25, -0.2) is 0 Å². The maximum atomic E-state index is 13.3. The van der Waals surface area contributed by atoms with Crippen LogP contribution in [0.15, 0.2) is 52.9 Å². The number of aliphatic hydroxyl groups is 1. The highest BCUT2D eigenvalue weighted by Gasteiger charge is 2.38. The van der Waals surface area contributed by atoms with E-state index in [2.05, 4.69) is 0 Å². The van der Waals surface area contributed by atoms with Crippen LogP contribution >= 0.6 is 0 Å². The van der Waals surface area contributed by atoms with Crippen molar-refractivity contribution in [3.05, 3.63) is 59.9 Å². The summed E-state index contributed by atoms with van der Waals surface area (Å²) in [7, 11) is 3.12. The molecule has 3 aromatic rings. The number of hydrogen-bond acceptors (Lipinski definition) is 6. The smallest absolute Gasteiger partial charge is 0.290 e. The largest absolute Gasteiger partial charge is 0.493 e. The van der Waals surface area contributed by atoms with Crippen LogP contribution in [0.1, 0.15) is 22.2 Å². The molecule has 7 heteroatoms. The Labute approximate surface area is 168 Å². The predicted octanol–water partition coefficient (Wildman–Crippen LogP) is 3.02. The second-order valence-electron chi connectivity index (χ2n) is 6.80. The maximum Gasteiger partial charge on any atom is 0.290 e. The van der Waals surface area contributed by atoms with Crippen molar-refractivity contribution in [1.29, 1.82) is 0 Å². The van der Waals surface area contributed by atoms with E-state index in [9.17, 15) is 9.90 Å². The normalized spacial score (nSPS) is 19.3. The van der Waals surface area contributed by atoms with Gasteiger partial charge in [0.15, 0.2) is 17.3 Å². The topological polar surface area (TPSA) is 81.4 Å². The number of fused-ring (bicyclic) bond motifs is 1. The van der Waals surface area contributed by atoms with E-state index in [0.29, 0.717) is 30.2 Å². The first-order valence-electron chi connectivity index (χ1n) is 9.40.